The van der Waals surface area contributed by atoms with Crippen molar-refractivity contribution >= 4 is 40.1 Å². The van der Waals surface area contributed by atoms with E-state index in [1.807, 2.05) is 12.2 Å². The third-order valence-electron chi connectivity index (χ3n) is 17.2. The Morgan fingerprint density at radius 1 is 0.421 bits per heavy atom. The summed E-state index contributed by atoms with van der Waals surface area (Å²) in [5.41, 5.74) is 0. The van der Waals surface area contributed by atoms with E-state index in [1.165, 1.54) is 25.7 Å². The number of aliphatic hydroxyl groups excluding tert-OH is 6. The fraction of sp³-hybridized carbons (Fsp3) is 0.882. The third kappa shape index (κ3) is 43.1. The van der Waals surface area contributed by atoms with Gasteiger partial charge < -0.3 is 0 Å². The molecule has 0 spiro atoms. The van der Waals surface area contributed by atoms with Gasteiger partial charge >= 0.3 is 402 Å². The maximum absolute atomic E-state index is 14.1. The molecule has 27 heteroatoms. The summed E-state index contributed by atoms with van der Waals surface area (Å²) in [4.78, 5) is 118. The van der Waals surface area contributed by atoms with Crippen molar-refractivity contribution in [2.24, 2.45) is 0 Å². The van der Waals surface area contributed by atoms with Gasteiger partial charge in [-0.1, -0.05) is 143 Å². The van der Waals surface area contributed by atoms with Gasteiger partial charge in [0.05, 0.1) is 0 Å². The fourth-order valence-corrected chi connectivity index (χ4v) is 13.1. The van der Waals surface area contributed by atoms with Crippen molar-refractivity contribution in [2.75, 3.05) is 13.2 Å². The number of carbonyl (C=O) groups is 4. The van der Waals surface area contributed by atoms with E-state index in [2.05, 4.69) is 50.5 Å². The molecule has 2 aliphatic heterocycles. The van der Waals surface area contributed by atoms with E-state index in [-0.39, 0.29) is 25.7 Å². The number of unbranched alkanes of at least 4 members (excludes halogenated alkanes) is 26. The van der Waals surface area contributed by atoms with E-state index in [4.69, 9.17) is 32.7 Å². The summed E-state index contributed by atoms with van der Waals surface area (Å²) in [5, 5.41) is 72.2. The SMILES string of the molecule is CCCCCC/C=C\CCCC(O)CC(=O)NC1[C@H](OCC2O[C@H](O[PH](O)(O)O)C(NC(=O)CC(O)CCCCCCCCCCC)[C@@H](OC(=O)CC(O)CCC/C=C\CCCCCC)[C@@H]2O)OC(CO)[C@@H](O[PH](O)(O)O)[C@@H]1OC(=O)CC(O)CCCCCCCCCCC. The summed E-state index contributed by atoms with van der Waals surface area (Å²) >= 11 is 0. The number of esters is 2. The number of aliphatic hydroxyl groups is 6. The molecule has 25 nitrogen and oxygen atoms in total. The number of carbonyl (C=O) groups excluding carboxylic acids is 4. The number of ether oxygens (including phenoxy) is 5. The van der Waals surface area contributed by atoms with Crippen LogP contribution in [0.15, 0.2) is 24.3 Å². The zero-order valence-electron chi connectivity index (χ0n) is 57.9. The predicted octanol–water partition coefficient (Wildman–Crippen LogP) is 9.01. The second kappa shape index (κ2) is 53.4. The van der Waals surface area contributed by atoms with Gasteiger partial charge in [-0.3, -0.25) is 0 Å². The second-order valence-corrected chi connectivity index (χ2v) is 29.0. The molecule has 2 rings (SSSR count). The fourth-order valence-electron chi connectivity index (χ4n) is 11.9. The Kier molecular flexibility index (Phi) is 49.8. The minimum atomic E-state index is -5.70. The normalized spacial score (nSPS) is 23.5. The molecule has 2 amide bonds. The van der Waals surface area contributed by atoms with Crippen molar-refractivity contribution < 1.29 is 112 Å². The van der Waals surface area contributed by atoms with E-state index in [9.17, 15) is 79.2 Å². The van der Waals surface area contributed by atoms with Crippen LogP contribution < -0.4 is 10.6 Å². The molecule has 0 saturated carbocycles. The molecule has 14 N–H and O–H groups in total. The second-order valence-electron chi connectivity index (χ2n) is 26.2. The van der Waals surface area contributed by atoms with E-state index in [0.29, 0.717) is 38.5 Å². The molecule has 2 fully saturated rings. The van der Waals surface area contributed by atoms with Gasteiger partial charge in [0, 0.05) is 0 Å². The van der Waals surface area contributed by atoms with Crippen LogP contribution in [-0.2, 0) is 51.9 Å². The van der Waals surface area contributed by atoms with Crippen molar-refractivity contribution in [3.63, 3.8) is 0 Å². The monoisotopic (exact) mass is 1400 g/mol. The number of rotatable bonds is 58. The Labute approximate surface area is 568 Å². The summed E-state index contributed by atoms with van der Waals surface area (Å²) in [5.74, 6) is -3.96. The molecular weight excluding hydrogens is 1270 g/mol. The first kappa shape index (κ1) is 88.6. The van der Waals surface area contributed by atoms with Gasteiger partial charge in [0.1, 0.15) is 0 Å². The first-order valence-corrected chi connectivity index (χ1v) is 39.9. The zero-order valence-corrected chi connectivity index (χ0v) is 59.9. The van der Waals surface area contributed by atoms with Crippen LogP contribution in [0.5, 0.6) is 0 Å². The Morgan fingerprint density at radius 3 is 1.16 bits per heavy atom. The van der Waals surface area contributed by atoms with Gasteiger partial charge in [0.2, 0.25) is 0 Å². The molecule has 0 aromatic carbocycles. The molecule has 8 unspecified atom stereocenters. The number of nitrogens with one attached hydrogen (secondary N) is 2. The van der Waals surface area contributed by atoms with Crippen molar-refractivity contribution in [3.05, 3.63) is 24.3 Å². The summed E-state index contributed by atoms with van der Waals surface area (Å²) in [6.45, 7) is 6.58. The molecule has 2 heterocycles. The first-order chi connectivity index (χ1) is 45.4. The van der Waals surface area contributed by atoms with Gasteiger partial charge in [0.15, 0.2) is 0 Å². The van der Waals surface area contributed by atoms with Crippen molar-refractivity contribution in [3.8, 4) is 0 Å². The quantitative estimate of drug-likeness (QED) is 0.0117. The Hall–Kier alpha value is -2.46. The predicted molar refractivity (Wildman–Crippen MR) is 366 cm³/mol. The van der Waals surface area contributed by atoms with Crippen LogP contribution in [0.3, 0.4) is 0 Å². The molecule has 2 saturated heterocycles. The van der Waals surface area contributed by atoms with Crippen molar-refractivity contribution in [1.29, 1.82) is 0 Å². The number of hydrogen-bond acceptors (Lipinski definition) is 23. The van der Waals surface area contributed by atoms with Crippen molar-refractivity contribution in [1.82, 2.24) is 10.6 Å². The average Bonchev–Trinajstić information content (AvgIpc) is 0.788. The van der Waals surface area contributed by atoms with Crippen LogP contribution in [-0.4, -0.2) is 183 Å². The molecule has 2 aliphatic rings. The van der Waals surface area contributed by atoms with Crippen LogP contribution in [0, 0.1) is 0 Å². The van der Waals surface area contributed by atoms with Gasteiger partial charge in [-0.25, -0.2) is 0 Å². The summed E-state index contributed by atoms with van der Waals surface area (Å²) < 4.78 is 40.4. The maximum atomic E-state index is 14.1. The van der Waals surface area contributed by atoms with Crippen LogP contribution >= 0.6 is 16.3 Å². The van der Waals surface area contributed by atoms with Crippen LogP contribution in [0.1, 0.15) is 285 Å². The van der Waals surface area contributed by atoms with Gasteiger partial charge in [-0.05, 0) is 25.7 Å². The number of amides is 2. The molecule has 0 aliphatic carbocycles. The first-order valence-electron chi connectivity index (χ1n) is 36.4. The third-order valence-corrected chi connectivity index (χ3v) is 18.3. The van der Waals surface area contributed by atoms with Gasteiger partial charge in [-0.15, -0.1) is 0 Å². The minimum Gasteiger partial charge on any atom is -0.0654 e. The molecular formula is C68H130N2O23P2. The van der Waals surface area contributed by atoms with E-state index in [1.54, 1.807) is 0 Å². The average molecular weight is 1410 g/mol. The molecule has 14 atom stereocenters. The topological polar surface area (TPSA) is 400 Å². The minimum absolute atomic E-state index is 0.169. The zero-order chi connectivity index (χ0) is 70.3. The molecule has 0 aromatic rings. The van der Waals surface area contributed by atoms with Crippen LogP contribution in [0.4, 0.5) is 0 Å². The summed E-state index contributed by atoms with van der Waals surface area (Å²) in [6, 6.07) is -3.68. The standard InChI is InChI=1S/C68H130N2O23P2/c1-5-9-13-17-21-25-29-33-37-41-51(72)45-57(76)69-61-65(90-59(78)47-53(74)43-39-35-31-27-23-19-15-11-7-3)63(80)56(89-68(61)93-95(84,85)86)50-87-67-62(70-58(77)46-52(73)42-38-34-30-26-22-18-14-10-6-2)66(64(55(49-71)88-67)92-94(81,82)83)91-60(79)48-54(75)44-40-36-32-28-24-20-16-12-8-4/h26-27,30-31,51-56,61-68,71-75,80-86,94-95H,5-25,28-29,32-50H2,1-4H3,(H,69,76)(H,70,77)/b30-26-,31-27-/t51?,52?,53?,54?,55?,56?,61?,62?,63-,64-,65-,66-,67-,68-/m1/s1. The van der Waals surface area contributed by atoms with Gasteiger partial charge in [-0.2, -0.15) is 0 Å². The Balaban J connectivity index is 2.56. The molecule has 560 valence electrons. The number of allylic oxidation sites excluding steroid dienone is 4. The van der Waals surface area contributed by atoms with E-state index >= 15 is 0 Å². The molecule has 0 bridgehead atoms. The molecule has 0 radical (unpaired) electrons. The van der Waals surface area contributed by atoms with E-state index < -0.39 is 165 Å². The van der Waals surface area contributed by atoms with Crippen LogP contribution in [0.25, 0.3) is 0 Å². The van der Waals surface area contributed by atoms with Crippen LogP contribution in [0.2, 0.25) is 0 Å². The molecule has 95 heavy (non-hydrogen) atoms. The van der Waals surface area contributed by atoms with Gasteiger partial charge in [0.25, 0.3) is 0 Å². The summed E-state index contributed by atoms with van der Waals surface area (Å²) in [6.07, 6.45) is 17.2. The smallest absolute Gasteiger partial charge is 0.0654 e. The number of hydrogen-bond donors (Lipinski definition) is 14. The van der Waals surface area contributed by atoms with E-state index in [0.717, 1.165) is 141 Å². The summed E-state index contributed by atoms with van der Waals surface area (Å²) in [7, 11) is -11.4. The van der Waals surface area contributed by atoms with Crippen molar-refractivity contribution in [2.45, 2.75) is 370 Å². The molecule has 0 aromatic heterocycles. The Morgan fingerprint density at radius 2 is 0.758 bits per heavy atom. The Bertz CT molecular complexity index is 2040.